The molecule has 78 valence electrons. The van der Waals surface area contributed by atoms with Crippen LogP contribution in [0.5, 0.6) is 0 Å². The van der Waals surface area contributed by atoms with Gasteiger partial charge in [0.2, 0.25) is 0 Å². The molecule has 0 radical (unpaired) electrons. The molecule has 0 spiro atoms. The second-order valence-electron chi connectivity index (χ2n) is 3.75. The van der Waals surface area contributed by atoms with Gasteiger partial charge in [0, 0.05) is 5.54 Å². The molecule has 0 atom stereocenters. The lowest BCUT2D eigenvalue weighted by atomic mass is 10.1. The second-order valence-corrected chi connectivity index (χ2v) is 4.54. The van der Waals surface area contributed by atoms with E-state index in [1.807, 2.05) is 12.1 Å². The van der Waals surface area contributed by atoms with Gasteiger partial charge in [-0.15, -0.1) is 12.4 Å². The largest absolute Gasteiger partial charge is 0.325 e. The van der Waals surface area contributed by atoms with Crippen LogP contribution < -0.4 is 5.73 Å². The predicted octanol–water partition coefficient (Wildman–Crippen LogP) is 3.45. The highest BCUT2D eigenvalue weighted by atomic mass is 35.5. The fourth-order valence-electron chi connectivity index (χ4n) is 1.40. The van der Waals surface area contributed by atoms with Gasteiger partial charge >= 0.3 is 0 Å². The van der Waals surface area contributed by atoms with Crippen LogP contribution in [0.2, 0.25) is 10.0 Å². The summed E-state index contributed by atoms with van der Waals surface area (Å²) in [5.74, 6) is 0. The Labute approximate surface area is 100.0 Å². The summed E-state index contributed by atoms with van der Waals surface area (Å²) in [6, 6.07) is 5.69. The Morgan fingerprint density at radius 3 is 2.50 bits per heavy atom. The molecule has 1 aromatic rings. The van der Waals surface area contributed by atoms with Gasteiger partial charge in [-0.25, -0.2) is 0 Å². The maximum Gasteiger partial charge on any atom is 0.0624 e. The topological polar surface area (TPSA) is 26.0 Å². The van der Waals surface area contributed by atoms with Gasteiger partial charge in [-0.3, -0.25) is 0 Å². The van der Waals surface area contributed by atoms with E-state index in [4.69, 9.17) is 28.9 Å². The Hall–Kier alpha value is 0.0500. The van der Waals surface area contributed by atoms with E-state index >= 15 is 0 Å². The van der Waals surface area contributed by atoms with Gasteiger partial charge in [0.25, 0.3) is 0 Å². The Balaban J connectivity index is 0.000000980. The molecule has 1 fully saturated rings. The normalized spacial score (nSPS) is 17.4. The molecule has 0 saturated heterocycles. The lowest BCUT2D eigenvalue weighted by Gasteiger charge is -2.10. The average Bonchev–Trinajstić information content (AvgIpc) is 2.78. The predicted molar refractivity (Wildman–Crippen MR) is 63.6 cm³/mol. The average molecular weight is 253 g/mol. The fourth-order valence-corrected chi connectivity index (χ4v) is 1.79. The van der Waals surface area contributed by atoms with Gasteiger partial charge in [-0.05, 0) is 30.9 Å². The van der Waals surface area contributed by atoms with Gasteiger partial charge in [0.15, 0.2) is 0 Å². The van der Waals surface area contributed by atoms with Gasteiger partial charge < -0.3 is 5.73 Å². The molecule has 2 N–H and O–H groups in total. The summed E-state index contributed by atoms with van der Waals surface area (Å²) in [5, 5.41) is 1.27. The highest BCUT2D eigenvalue weighted by Crippen LogP contribution is 2.38. The van der Waals surface area contributed by atoms with Crippen molar-refractivity contribution in [2.24, 2.45) is 5.73 Å². The molecule has 0 bridgehead atoms. The molecule has 4 heteroatoms. The van der Waals surface area contributed by atoms with Crippen LogP contribution >= 0.6 is 35.6 Å². The minimum Gasteiger partial charge on any atom is -0.325 e. The maximum atomic E-state index is 6.04. The van der Waals surface area contributed by atoms with Crippen LogP contribution in [0.3, 0.4) is 0 Å². The molecule has 1 aliphatic rings. The van der Waals surface area contributed by atoms with Crippen LogP contribution in [0.4, 0.5) is 0 Å². The van der Waals surface area contributed by atoms with Crippen molar-refractivity contribution in [3.8, 4) is 0 Å². The molecular weight excluding hydrogens is 240 g/mol. The number of rotatable bonds is 2. The standard InChI is InChI=1S/C10H11Cl2N.ClH/c11-8-3-1-2-7(9(8)12)6-10(13)4-5-10;/h1-3H,4-6,13H2;1H. The van der Waals surface area contributed by atoms with Crippen LogP contribution in [0.15, 0.2) is 18.2 Å². The van der Waals surface area contributed by atoms with E-state index in [1.165, 1.54) is 0 Å². The summed E-state index contributed by atoms with van der Waals surface area (Å²) >= 11 is 11.9. The van der Waals surface area contributed by atoms with E-state index in [9.17, 15) is 0 Å². The van der Waals surface area contributed by atoms with Crippen molar-refractivity contribution in [1.29, 1.82) is 0 Å². The molecule has 1 saturated carbocycles. The van der Waals surface area contributed by atoms with Crippen LogP contribution in [-0.4, -0.2) is 5.54 Å². The number of nitrogens with two attached hydrogens (primary N) is 1. The molecule has 0 unspecified atom stereocenters. The SMILES string of the molecule is Cl.NC1(Cc2cccc(Cl)c2Cl)CC1. The molecule has 1 aliphatic carbocycles. The van der Waals surface area contributed by atoms with Crippen molar-refractivity contribution in [3.05, 3.63) is 33.8 Å². The van der Waals surface area contributed by atoms with Crippen LogP contribution in [0.1, 0.15) is 18.4 Å². The minimum atomic E-state index is -0.00563. The molecule has 0 aliphatic heterocycles. The lowest BCUT2D eigenvalue weighted by Crippen LogP contribution is -2.24. The third kappa shape index (κ3) is 2.54. The molecular formula is C10H12Cl3N. The molecule has 1 aromatic carbocycles. The smallest absolute Gasteiger partial charge is 0.0624 e. The zero-order valence-electron chi connectivity index (χ0n) is 7.59. The van der Waals surface area contributed by atoms with Gasteiger partial charge in [0.05, 0.1) is 10.0 Å². The van der Waals surface area contributed by atoms with Crippen LogP contribution in [0.25, 0.3) is 0 Å². The first-order valence-corrected chi connectivity index (χ1v) is 5.08. The van der Waals surface area contributed by atoms with E-state index in [0.717, 1.165) is 24.8 Å². The summed E-state index contributed by atoms with van der Waals surface area (Å²) in [5.41, 5.74) is 7.05. The monoisotopic (exact) mass is 251 g/mol. The number of hydrogen-bond donors (Lipinski definition) is 1. The van der Waals surface area contributed by atoms with Crippen molar-refractivity contribution in [1.82, 2.24) is 0 Å². The lowest BCUT2D eigenvalue weighted by molar-refractivity contribution is 0.672. The molecule has 0 aromatic heterocycles. The van der Waals surface area contributed by atoms with E-state index < -0.39 is 0 Å². The van der Waals surface area contributed by atoms with Crippen LogP contribution in [0, 0.1) is 0 Å². The first-order chi connectivity index (χ1) is 6.11. The summed E-state index contributed by atoms with van der Waals surface area (Å²) in [6.07, 6.45) is 3.03. The number of benzene rings is 1. The van der Waals surface area contributed by atoms with Crippen molar-refractivity contribution >= 4 is 35.6 Å². The third-order valence-electron chi connectivity index (χ3n) is 2.47. The van der Waals surface area contributed by atoms with E-state index in [0.29, 0.717) is 10.0 Å². The van der Waals surface area contributed by atoms with E-state index in [-0.39, 0.29) is 17.9 Å². The number of hydrogen-bond acceptors (Lipinski definition) is 1. The first kappa shape index (κ1) is 12.1. The first-order valence-electron chi connectivity index (χ1n) is 4.32. The van der Waals surface area contributed by atoms with Crippen molar-refractivity contribution in [2.75, 3.05) is 0 Å². The van der Waals surface area contributed by atoms with E-state index in [1.54, 1.807) is 6.07 Å². The van der Waals surface area contributed by atoms with Crippen molar-refractivity contribution in [3.63, 3.8) is 0 Å². The van der Waals surface area contributed by atoms with Crippen molar-refractivity contribution in [2.45, 2.75) is 24.8 Å². The van der Waals surface area contributed by atoms with Gasteiger partial charge in [-0.2, -0.15) is 0 Å². The zero-order chi connectivity index (χ0) is 9.47. The third-order valence-corrected chi connectivity index (χ3v) is 3.32. The zero-order valence-corrected chi connectivity index (χ0v) is 9.92. The quantitative estimate of drug-likeness (QED) is 0.857. The second kappa shape index (κ2) is 4.28. The summed E-state index contributed by atoms with van der Waals surface area (Å²) < 4.78 is 0. The molecule has 0 amide bonds. The molecule has 0 heterocycles. The van der Waals surface area contributed by atoms with Gasteiger partial charge in [-0.1, -0.05) is 35.3 Å². The summed E-state index contributed by atoms with van der Waals surface area (Å²) in [7, 11) is 0. The Morgan fingerprint density at radius 2 is 1.93 bits per heavy atom. The Morgan fingerprint density at radius 1 is 1.29 bits per heavy atom. The maximum absolute atomic E-state index is 6.04. The van der Waals surface area contributed by atoms with Crippen molar-refractivity contribution < 1.29 is 0 Å². The molecule has 1 nitrogen and oxygen atoms in total. The fraction of sp³-hybridized carbons (Fsp3) is 0.400. The highest BCUT2D eigenvalue weighted by molar-refractivity contribution is 6.42. The number of halogens is 3. The highest BCUT2D eigenvalue weighted by Gasteiger charge is 2.38. The summed E-state index contributed by atoms with van der Waals surface area (Å²) in [6.45, 7) is 0. The Kier molecular flexibility index (Phi) is 3.70. The molecule has 2 rings (SSSR count). The van der Waals surface area contributed by atoms with E-state index in [2.05, 4.69) is 0 Å². The summed E-state index contributed by atoms with van der Waals surface area (Å²) in [4.78, 5) is 0. The Bertz CT molecular complexity index is 334. The van der Waals surface area contributed by atoms with Gasteiger partial charge in [0.1, 0.15) is 0 Å². The minimum absolute atomic E-state index is 0. The molecule has 14 heavy (non-hydrogen) atoms. The van der Waals surface area contributed by atoms with Crippen LogP contribution in [-0.2, 0) is 6.42 Å².